The molecule has 1 heterocycles. The number of urea groups is 1. The number of rotatable bonds is 5. The Labute approximate surface area is 140 Å². The average molecular weight is 331 g/mol. The molecule has 122 valence electrons. The zero-order chi connectivity index (χ0) is 16.2. The Morgan fingerprint density at radius 1 is 1.48 bits per heavy atom. The minimum absolute atomic E-state index is 0.0757. The summed E-state index contributed by atoms with van der Waals surface area (Å²) in [7, 11) is 0. The second kappa shape index (κ2) is 7.10. The third-order valence-corrected chi connectivity index (χ3v) is 4.95. The lowest BCUT2D eigenvalue weighted by atomic mass is 10.1. The van der Waals surface area contributed by atoms with Gasteiger partial charge in [0.2, 0.25) is 0 Å². The zero-order valence-corrected chi connectivity index (χ0v) is 14.0. The molecule has 3 rings (SSSR count). The molecule has 6 heteroatoms. The second-order valence-corrected chi connectivity index (χ2v) is 6.59. The van der Waals surface area contributed by atoms with Gasteiger partial charge in [0, 0.05) is 13.2 Å². The highest BCUT2D eigenvalue weighted by atomic mass is 32.1. The molecule has 5 nitrogen and oxygen atoms in total. The van der Waals surface area contributed by atoms with Crippen molar-refractivity contribution in [2.75, 3.05) is 18.5 Å². The number of aromatic nitrogens is 1. The van der Waals surface area contributed by atoms with Gasteiger partial charge in [-0.15, -0.1) is 0 Å². The van der Waals surface area contributed by atoms with Gasteiger partial charge in [-0.2, -0.15) is 4.37 Å². The van der Waals surface area contributed by atoms with E-state index >= 15 is 0 Å². The molecule has 1 atom stereocenters. The molecular weight excluding hydrogens is 310 g/mol. The molecule has 0 saturated heterocycles. The predicted octanol–water partition coefficient (Wildman–Crippen LogP) is 3.36. The van der Waals surface area contributed by atoms with Crippen molar-refractivity contribution in [2.45, 2.75) is 32.2 Å². The normalized spacial score (nSPS) is 16.2. The topological polar surface area (TPSA) is 65.5 Å². The van der Waals surface area contributed by atoms with Gasteiger partial charge >= 0.3 is 6.03 Å². The minimum atomic E-state index is -0.121. The Hall–Kier alpha value is -1.92. The minimum Gasteiger partial charge on any atom is -0.396 e. The second-order valence-electron chi connectivity index (χ2n) is 5.79. The molecule has 2 amide bonds. The summed E-state index contributed by atoms with van der Waals surface area (Å²) in [4.78, 5) is 14.6. The van der Waals surface area contributed by atoms with Crippen LogP contribution in [0.3, 0.4) is 0 Å². The molecule has 0 aliphatic heterocycles. The summed E-state index contributed by atoms with van der Waals surface area (Å²) >= 11 is 1.29. The van der Waals surface area contributed by atoms with Gasteiger partial charge in [-0.05, 0) is 54.9 Å². The van der Waals surface area contributed by atoms with E-state index in [9.17, 15) is 4.79 Å². The van der Waals surface area contributed by atoms with Crippen LogP contribution in [-0.2, 0) is 6.42 Å². The van der Waals surface area contributed by atoms with Gasteiger partial charge in [-0.25, -0.2) is 4.79 Å². The summed E-state index contributed by atoms with van der Waals surface area (Å²) < 4.78 is 4.19. The van der Waals surface area contributed by atoms with E-state index in [1.807, 2.05) is 30.0 Å². The highest BCUT2D eigenvalue weighted by molar-refractivity contribution is 7.10. The van der Waals surface area contributed by atoms with Gasteiger partial charge in [-0.1, -0.05) is 24.3 Å². The highest BCUT2D eigenvalue weighted by Gasteiger charge is 2.30. The first-order valence-corrected chi connectivity index (χ1v) is 8.66. The average Bonchev–Trinajstić information content (AvgIpc) is 3.15. The molecule has 1 aromatic carbocycles. The first-order chi connectivity index (χ1) is 11.2. The molecule has 1 aliphatic rings. The van der Waals surface area contributed by atoms with Gasteiger partial charge in [0.1, 0.15) is 5.00 Å². The van der Waals surface area contributed by atoms with E-state index in [0.717, 1.165) is 23.5 Å². The van der Waals surface area contributed by atoms with E-state index in [2.05, 4.69) is 21.8 Å². The number of nitrogens with one attached hydrogen (secondary N) is 1. The van der Waals surface area contributed by atoms with E-state index in [-0.39, 0.29) is 18.7 Å². The fraction of sp³-hybridized carbons (Fsp3) is 0.412. The molecule has 0 saturated carbocycles. The number of hydrogen-bond acceptors (Lipinski definition) is 4. The van der Waals surface area contributed by atoms with Crippen LogP contribution < -0.4 is 5.32 Å². The van der Waals surface area contributed by atoms with Gasteiger partial charge < -0.3 is 10.0 Å². The summed E-state index contributed by atoms with van der Waals surface area (Å²) in [5, 5.41) is 12.9. The van der Waals surface area contributed by atoms with E-state index < -0.39 is 0 Å². The molecule has 0 radical (unpaired) electrons. The molecular formula is C17H21N3O2S. The smallest absolute Gasteiger partial charge is 0.323 e. The number of benzene rings is 1. The van der Waals surface area contributed by atoms with E-state index in [1.165, 1.54) is 22.7 Å². The van der Waals surface area contributed by atoms with Crippen LogP contribution >= 0.6 is 11.5 Å². The van der Waals surface area contributed by atoms with Gasteiger partial charge in [0.25, 0.3) is 0 Å². The number of anilines is 1. The fourth-order valence-electron chi connectivity index (χ4n) is 3.10. The Kier molecular flexibility index (Phi) is 4.93. The lowest BCUT2D eigenvalue weighted by Crippen LogP contribution is -2.38. The third kappa shape index (κ3) is 3.54. The quantitative estimate of drug-likeness (QED) is 0.883. The Morgan fingerprint density at radius 2 is 2.30 bits per heavy atom. The van der Waals surface area contributed by atoms with Crippen LogP contribution in [0.1, 0.15) is 35.7 Å². The number of carbonyl (C=O) groups is 1. The maximum Gasteiger partial charge on any atom is 0.323 e. The maximum absolute atomic E-state index is 12.7. The van der Waals surface area contributed by atoms with Gasteiger partial charge in [0.05, 0.1) is 11.7 Å². The number of aryl methyl sites for hydroxylation is 2. The molecule has 23 heavy (non-hydrogen) atoms. The maximum atomic E-state index is 12.7. The molecule has 0 fully saturated rings. The zero-order valence-electron chi connectivity index (χ0n) is 13.2. The molecule has 2 aromatic rings. The molecule has 1 aliphatic carbocycles. The first-order valence-electron chi connectivity index (χ1n) is 7.88. The van der Waals surface area contributed by atoms with E-state index in [4.69, 9.17) is 5.11 Å². The summed E-state index contributed by atoms with van der Waals surface area (Å²) in [5.41, 5.74) is 3.44. The van der Waals surface area contributed by atoms with Crippen LogP contribution in [0.15, 0.2) is 30.3 Å². The SMILES string of the molecule is Cc1cc(NC(=O)N(CCCO)[C@@H]2CCc3ccccc32)sn1. The number of fused-ring (bicyclic) bond motifs is 1. The number of aliphatic hydroxyl groups excluding tert-OH is 1. The number of carbonyl (C=O) groups excluding carboxylic acids is 1. The van der Waals surface area contributed by atoms with Gasteiger partial charge in [-0.3, -0.25) is 5.32 Å². The number of nitrogens with zero attached hydrogens (tertiary/aromatic N) is 2. The van der Waals surface area contributed by atoms with Crippen molar-refractivity contribution in [1.29, 1.82) is 0 Å². The lowest BCUT2D eigenvalue weighted by Gasteiger charge is -2.29. The van der Waals surface area contributed by atoms with Crippen molar-refractivity contribution in [3.05, 3.63) is 47.2 Å². The van der Waals surface area contributed by atoms with Crippen LogP contribution in [0.25, 0.3) is 0 Å². The Morgan fingerprint density at radius 3 is 3.04 bits per heavy atom. The lowest BCUT2D eigenvalue weighted by molar-refractivity contribution is 0.177. The summed E-state index contributed by atoms with van der Waals surface area (Å²) in [6.07, 6.45) is 2.50. The fourth-order valence-corrected chi connectivity index (χ4v) is 3.75. The molecule has 1 aromatic heterocycles. The van der Waals surface area contributed by atoms with Crippen molar-refractivity contribution in [3.63, 3.8) is 0 Å². The van der Waals surface area contributed by atoms with E-state index in [0.29, 0.717) is 13.0 Å². The van der Waals surface area contributed by atoms with Crippen LogP contribution in [-0.4, -0.2) is 33.6 Å². The van der Waals surface area contributed by atoms with Crippen LogP contribution in [0, 0.1) is 6.92 Å². The first kappa shape index (κ1) is 16.0. The molecule has 0 spiro atoms. The summed E-state index contributed by atoms with van der Waals surface area (Å²) in [6.45, 7) is 2.53. The largest absolute Gasteiger partial charge is 0.396 e. The van der Waals surface area contributed by atoms with Gasteiger partial charge in [0.15, 0.2) is 0 Å². The predicted molar refractivity (Wildman–Crippen MR) is 91.8 cm³/mol. The van der Waals surface area contributed by atoms with Crippen molar-refractivity contribution < 1.29 is 9.90 Å². The van der Waals surface area contributed by atoms with Crippen molar-refractivity contribution in [3.8, 4) is 0 Å². The van der Waals surface area contributed by atoms with Crippen LogP contribution in [0.5, 0.6) is 0 Å². The monoisotopic (exact) mass is 331 g/mol. The van der Waals surface area contributed by atoms with Crippen molar-refractivity contribution in [1.82, 2.24) is 9.27 Å². The number of aliphatic hydroxyl groups is 1. The number of amides is 2. The molecule has 0 unspecified atom stereocenters. The third-order valence-electron chi connectivity index (χ3n) is 4.15. The van der Waals surface area contributed by atoms with Crippen molar-refractivity contribution in [2.24, 2.45) is 0 Å². The van der Waals surface area contributed by atoms with E-state index in [1.54, 1.807) is 0 Å². The standard InChI is InChI=1S/C17H21N3O2S/c1-12-11-16(23-19-12)18-17(22)20(9-4-10-21)15-8-7-13-5-2-3-6-14(13)15/h2-3,5-6,11,15,21H,4,7-10H2,1H3,(H,18,22)/t15-/m1/s1. The Balaban J connectivity index is 1.79. The molecule has 0 bridgehead atoms. The van der Waals surface area contributed by atoms with Crippen LogP contribution in [0.2, 0.25) is 0 Å². The van der Waals surface area contributed by atoms with Crippen molar-refractivity contribution >= 4 is 22.6 Å². The number of hydrogen-bond donors (Lipinski definition) is 2. The highest BCUT2D eigenvalue weighted by Crippen LogP contribution is 2.36. The molecule has 2 N–H and O–H groups in total. The summed E-state index contributed by atoms with van der Waals surface area (Å²) in [5.74, 6) is 0. The van der Waals surface area contributed by atoms with Crippen LogP contribution in [0.4, 0.5) is 9.80 Å². The summed E-state index contributed by atoms with van der Waals surface area (Å²) in [6, 6.07) is 10.1. The Bertz CT molecular complexity index is 686.